The van der Waals surface area contributed by atoms with Crippen molar-refractivity contribution in [3.63, 3.8) is 0 Å². The largest absolute Gasteiger partial charge is 0.366 e. The van der Waals surface area contributed by atoms with Crippen LogP contribution < -0.4 is 11.1 Å². The van der Waals surface area contributed by atoms with Gasteiger partial charge in [0.15, 0.2) is 0 Å². The molecule has 6 nitrogen and oxygen atoms in total. The summed E-state index contributed by atoms with van der Waals surface area (Å²) < 4.78 is 24.2. The lowest BCUT2D eigenvalue weighted by atomic mass is 10.3. The van der Waals surface area contributed by atoms with E-state index < -0.39 is 15.9 Å². The van der Waals surface area contributed by atoms with E-state index in [4.69, 9.17) is 5.73 Å². The maximum atomic E-state index is 11.4. The number of rotatable bonds is 9. The third-order valence-corrected chi connectivity index (χ3v) is 5.14. The third-order valence-electron chi connectivity index (χ3n) is 2.82. The Morgan fingerprint density at radius 3 is 2.70 bits per heavy atom. The second-order valence-electron chi connectivity index (χ2n) is 4.45. The highest BCUT2D eigenvalue weighted by Crippen LogP contribution is 2.13. The van der Waals surface area contributed by atoms with Crippen LogP contribution in [-0.4, -0.2) is 44.5 Å². The lowest BCUT2D eigenvalue weighted by Crippen LogP contribution is -2.32. The van der Waals surface area contributed by atoms with Crippen molar-refractivity contribution in [3.05, 3.63) is 21.9 Å². The fraction of sp³-hybridized carbons (Fsp3) is 0.583. The van der Waals surface area contributed by atoms with Gasteiger partial charge >= 0.3 is 0 Å². The Hall–Kier alpha value is -0.960. The maximum absolute atomic E-state index is 11.4. The standard InChI is InChI=1S/C12H21N3O3S2/c1-3-15(20(2,17)18)6-4-5-14-8-11-7-10(9-19-11)12(13)16/h7,9,14H,3-6,8H2,1-2H3,(H2,13,16). The molecule has 0 atom stereocenters. The van der Waals surface area contributed by atoms with Crippen LogP contribution >= 0.6 is 11.3 Å². The molecule has 20 heavy (non-hydrogen) atoms. The van der Waals surface area contributed by atoms with Crippen molar-refractivity contribution in [3.8, 4) is 0 Å². The molecule has 0 radical (unpaired) electrons. The summed E-state index contributed by atoms with van der Waals surface area (Å²) in [6.45, 7) is 4.20. The summed E-state index contributed by atoms with van der Waals surface area (Å²) in [5.41, 5.74) is 5.71. The molecule has 1 rings (SSSR count). The summed E-state index contributed by atoms with van der Waals surface area (Å²) in [6.07, 6.45) is 1.97. The molecule has 1 aromatic rings. The van der Waals surface area contributed by atoms with Gasteiger partial charge in [-0.05, 0) is 19.0 Å². The normalized spacial score (nSPS) is 11.9. The Labute approximate surface area is 124 Å². The molecule has 0 aliphatic rings. The van der Waals surface area contributed by atoms with Crippen molar-refractivity contribution >= 4 is 27.3 Å². The first-order chi connectivity index (χ1) is 9.34. The second-order valence-corrected chi connectivity index (χ2v) is 7.43. The van der Waals surface area contributed by atoms with Crippen LogP contribution in [-0.2, 0) is 16.6 Å². The number of nitrogens with zero attached hydrogens (tertiary/aromatic N) is 1. The third kappa shape index (κ3) is 5.58. The van der Waals surface area contributed by atoms with E-state index in [0.717, 1.165) is 17.8 Å². The monoisotopic (exact) mass is 319 g/mol. The van der Waals surface area contributed by atoms with Crippen LogP contribution in [0.3, 0.4) is 0 Å². The molecular weight excluding hydrogens is 298 g/mol. The smallest absolute Gasteiger partial charge is 0.249 e. The number of carbonyl (C=O) groups excluding carboxylic acids is 1. The summed E-state index contributed by atoms with van der Waals surface area (Å²) in [5.74, 6) is -0.417. The van der Waals surface area contributed by atoms with E-state index in [2.05, 4.69) is 5.32 Å². The molecule has 0 saturated heterocycles. The highest BCUT2D eigenvalue weighted by Gasteiger charge is 2.13. The Morgan fingerprint density at radius 1 is 1.50 bits per heavy atom. The number of nitrogens with two attached hydrogens (primary N) is 1. The maximum Gasteiger partial charge on any atom is 0.249 e. The minimum Gasteiger partial charge on any atom is -0.366 e. The zero-order valence-corrected chi connectivity index (χ0v) is 13.4. The van der Waals surface area contributed by atoms with Crippen LogP contribution in [0.15, 0.2) is 11.4 Å². The average Bonchev–Trinajstić information content (AvgIpc) is 2.81. The number of nitrogens with one attached hydrogen (secondary N) is 1. The number of hydrogen-bond donors (Lipinski definition) is 2. The molecule has 0 bridgehead atoms. The van der Waals surface area contributed by atoms with Gasteiger partial charge in [0.2, 0.25) is 15.9 Å². The van der Waals surface area contributed by atoms with Gasteiger partial charge in [-0.15, -0.1) is 11.3 Å². The lowest BCUT2D eigenvalue weighted by molar-refractivity contribution is 0.100. The molecule has 8 heteroatoms. The Morgan fingerprint density at radius 2 is 2.20 bits per heavy atom. The van der Waals surface area contributed by atoms with E-state index in [-0.39, 0.29) is 0 Å². The van der Waals surface area contributed by atoms with Gasteiger partial charge in [-0.1, -0.05) is 6.92 Å². The van der Waals surface area contributed by atoms with E-state index in [9.17, 15) is 13.2 Å². The predicted molar refractivity (Wildman–Crippen MR) is 81.3 cm³/mol. The topological polar surface area (TPSA) is 92.5 Å². The minimum atomic E-state index is -3.10. The molecule has 0 saturated carbocycles. The van der Waals surface area contributed by atoms with Gasteiger partial charge in [0.25, 0.3) is 0 Å². The first-order valence-electron chi connectivity index (χ1n) is 6.37. The number of sulfonamides is 1. The highest BCUT2D eigenvalue weighted by atomic mass is 32.2. The fourth-order valence-corrected chi connectivity index (χ4v) is 3.53. The van der Waals surface area contributed by atoms with Crippen molar-refractivity contribution in [2.24, 2.45) is 5.73 Å². The molecule has 3 N–H and O–H groups in total. The van der Waals surface area contributed by atoms with E-state index in [1.54, 1.807) is 11.4 Å². The van der Waals surface area contributed by atoms with Gasteiger partial charge in [0, 0.05) is 29.9 Å². The van der Waals surface area contributed by atoms with Crippen molar-refractivity contribution in [2.45, 2.75) is 19.9 Å². The molecule has 114 valence electrons. The Balaban J connectivity index is 2.26. The predicted octanol–water partition coefficient (Wildman–Crippen LogP) is 0.608. The molecular formula is C12H21N3O3S2. The number of primary amides is 1. The van der Waals surface area contributed by atoms with E-state index >= 15 is 0 Å². The van der Waals surface area contributed by atoms with Gasteiger partial charge in [-0.25, -0.2) is 12.7 Å². The minimum absolute atomic E-state index is 0.417. The zero-order chi connectivity index (χ0) is 15.2. The summed E-state index contributed by atoms with van der Waals surface area (Å²) in [4.78, 5) is 12.0. The van der Waals surface area contributed by atoms with Gasteiger partial charge in [-0.3, -0.25) is 4.79 Å². The first-order valence-corrected chi connectivity index (χ1v) is 9.10. The van der Waals surface area contributed by atoms with Gasteiger partial charge in [0.1, 0.15) is 0 Å². The number of hydrogen-bond acceptors (Lipinski definition) is 5. The molecule has 0 unspecified atom stereocenters. The van der Waals surface area contributed by atoms with Gasteiger partial charge in [-0.2, -0.15) is 0 Å². The number of carbonyl (C=O) groups is 1. The van der Waals surface area contributed by atoms with Crippen molar-refractivity contribution in [1.29, 1.82) is 0 Å². The number of amides is 1. The molecule has 0 spiro atoms. The van der Waals surface area contributed by atoms with Crippen LogP contribution in [0, 0.1) is 0 Å². The Kier molecular flexibility index (Phi) is 6.60. The van der Waals surface area contributed by atoms with Crippen molar-refractivity contribution in [2.75, 3.05) is 25.9 Å². The molecule has 0 fully saturated rings. The summed E-state index contributed by atoms with van der Waals surface area (Å²) in [5, 5.41) is 4.96. The molecule has 1 amide bonds. The van der Waals surface area contributed by atoms with Gasteiger partial charge in [0.05, 0.1) is 11.8 Å². The lowest BCUT2D eigenvalue weighted by Gasteiger charge is -2.17. The van der Waals surface area contributed by atoms with Crippen molar-refractivity contribution in [1.82, 2.24) is 9.62 Å². The SMILES string of the molecule is CCN(CCCNCc1cc(C(N)=O)cs1)S(C)(=O)=O. The fourth-order valence-electron chi connectivity index (χ4n) is 1.75. The Bertz CT molecular complexity index is 540. The van der Waals surface area contributed by atoms with E-state index in [1.807, 2.05) is 6.92 Å². The van der Waals surface area contributed by atoms with E-state index in [0.29, 0.717) is 25.2 Å². The quantitative estimate of drug-likeness (QED) is 0.652. The molecule has 0 aliphatic heterocycles. The average molecular weight is 319 g/mol. The van der Waals surface area contributed by atoms with Crippen LogP contribution in [0.25, 0.3) is 0 Å². The zero-order valence-electron chi connectivity index (χ0n) is 11.8. The molecule has 0 aliphatic carbocycles. The second kappa shape index (κ2) is 7.72. The summed E-state index contributed by atoms with van der Waals surface area (Å²) in [6, 6.07) is 1.77. The van der Waals surface area contributed by atoms with Crippen LogP contribution in [0.4, 0.5) is 0 Å². The molecule has 1 aromatic heterocycles. The molecule has 0 aromatic carbocycles. The van der Waals surface area contributed by atoms with Gasteiger partial charge < -0.3 is 11.1 Å². The summed E-state index contributed by atoms with van der Waals surface area (Å²) in [7, 11) is -3.10. The van der Waals surface area contributed by atoms with Crippen molar-refractivity contribution < 1.29 is 13.2 Å². The van der Waals surface area contributed by atoms with Crippen LogP contribution in [0.1, 0.15) is 28.6 Å². The van der Waals surface area contributed by atoms with Crippen LogP contribution in [0.2, 0.25) is 0 Å². The molecule has 1 heterocycles. The highest BCUT2D eigenvalue weighted by molar-refractivity contribution is 7.88. The van der Waals surface area contributed by atoms with E-state index in [1.165, 1.54) is 21.9 Å². The first kappa shape index (κ1) is 17.1. The van der Waals surface area contributed by atoms with Crippen LogP contribution in [0.5, 0.6) is 0 Å². The summed E-state index contributed by atoms with van der Waals surface area (Å²) >= 11 is 1.48. The number of thiophene rings is 1.